The van der Waals surface area contributed by atoms with Gasteiger partial charge in [0, 0.05) is 17.0 Å². The average molecular weight is 249 g/mol. The molecule has 0 aliphatic heterocycles. The smallest absolute Gasteiger partial charge is 0.115 e. The number of aryl methyl sites for hydroxylation is 1. The zero-order valence-electron chi connectivity index (χ0n) is 10.7. The first kappa shape index (κ1) is 11.6. The summed E-state index contributed by atoms with van der Waals surface area (Å²) < 4.78 is 0. The molecule has 0 radical (unpaired) electrons. The number of aromatic amines is 1. The number of aromatic hydroxyl groups is 1. The quantitative estimate of drug-likeness (QED) is 0.695. The van der Waals surface area contributed by atoms with Gasteiger partial charge in [-0.3, -0.25) is 0 Å². The molecule has 0 bridgehead atoms. The summed E-state index contributed by atoms with van der Waals surface area (Å²) in [5, 5.41) is 9.35. The minimum atomic E-state index is 0.292. The average Bonchev–Trinajstić information content (AvgIpc) is 2.83. The standard InChI is InChI=1S/C17H15NO/c1-12-16(13-7-9-15(19)10-8-13)11-17(18-12)14-5-3-2-4-6-14/h2-11,18-19H,1H3. The van der Waals surface area contributed by atoms with Crippen LogP contribution >= 0.6 is 0 Å². The Bertz CT molecular complexity index is 681. The van der Waals surface area contributed by atoms with E-state index in [1.165, 1.54) is 11.1 Å². The molecule has 0 atom stereocenters. The number of phenols is 1. The predicted octanol–water partition coefficient (Wildman–Crippen LogP) is 4.36. The Kier molecular flexibility index (Phi) is 2.84. The minimum absolute atomic E-state index is 0.292. The summed E-state index contributed by atoms with van der Waals surface area (Å²) in [6.45, 7) is 2.06. The van der Waals surface area contributed by atoms with Crippen molar-refractivity contribution in [1.29, 1.82) is 0 Å². The Morgan fingerprint density at radius 2 is 1.53 bits per heavy atom. The zero-order chi connectivity index (χ0) is 13.2. The maximum absolute atomic E-state index is 9.35. The van der Waals surface area contributed by atoms with Gasteiger partial charge in [0.05, 0.1) is 0 Å². The van der Waals surface area contributed by atoms with Gasteiger partial charge in [0.15, 0.2) is 0 Å². The van der Waals surface area contributed by atoms with Crippen LogP contribution < -0.4 is 0 Å². The molecule has 0 fully saturated rings. The summed E-state index contributed by atoms with van der Waals surface area (Å²) in [4.78, 5) is 3.41. The third-order valence-electron chi connectivity index (χ3n) is 3.28. The van der Waals surface area contributed by atoms with Crippen LogP contribution in [0.4, 0.5) is 0 Å². The number of aromatic nitrogens is 1. The molecule has 0 spiro atoms. The molecule has 0 saturated carbocycles. The van der Waals surface area contributed by atoms with Gasteiger partial charge in [-0.1, -0.05) is 42.5 Å². The summed E-state index contributed by atoms with van der Waals surface area (Å²) >= 11 is 0. The number of hydrogen-bond acceptors (Lipinski definition) is 1. The molecule has 1 heterocycles. The molecule has 19 heavy (non-hydrogen) atoms. The second-order valence-corrected chi connectivity index (χ2v) is 4.63. The molecule has 0 unspecified atom stereocenters. The molecule has 3 aromatic rings. The van der Waals surface area contributed by atoms with Crippen LogP contribution in [0, 0.1) is 6.92 Å². The molecular weight excluding hydrogens is 234 g/mol. The van der Waals surface area contributed by atoms with Gasteiger partial charge in [-0.25, -0.2) is 0 Å². The van der Waals surface area contributed by atoms with Crippen molar-refractivity contribution >= 4 is 0 Å². The van der Waals surface area contributed by atoms with E-state index in [1.807, 2.05) is 30.3 Å². The summed E-state index contributed by atoms with van der Waals surface area (Å²) in [6.07, 6.45) is 0. The summed E-state index contributed by atoms with van der Waals surface area (Å²) in [5.41, 5.74) is 5.69. The zero-order valence-corrected chi connectivity index (χ0v) is 10.7. The number of nitrogens with one attached hydrogen (secondary N) is 1. The molecule has 2 aromatic carbocycles. The van der Waals surface area contributed by atoms with E-state index in [1.54, 1.807) is 12.1 Å². The highest BCUT2D eigenvalue weighted by atomic mass is 16.3. The largest absolute Gasteiger partial charge is 0.508 e. The molecule has 2 nitrogen and oxygen atoms in total. The fraction of sp³-hybridized carbons (Fsp3) is 0.0588. The molecule has 0 saturated heterocycles. The molecule has 94 valence electrons. The van der Waals surface area contributed by atoms with Gasteiger partial charge in [-0.2, -0.15) is 0 Å². The third kappa shape index (κ3) is 2.25. The van der Waals surface area contributed by atoms with Crippen molar-refractivity contribution in [3.8, 4) is 28.1 Å². The van der Waals surface area contributed by atoms with Crippen LogP contribution in [0.3, 0.4) is 0 Å². The topological polar surface area (TPSA) is 36.0 Å². The maximum Gasteiger partial charge on any atom is 0.115 e. The van der Waals surface area contributed by atoms with Crippen LogP contribution in [-0.2, 0) is 0 Å². The van der Waals surface area contributed by atoms with Gasteiger partial charge >= 0.3 is 0 Å². The minimum Gasteiger partial charge on any atom is -0.508 e. The SMILES string of the molecule is Cc1[nH]c(-c2ccccc2)cc1-c1ccc(O)cc1. The number of phenolic OH excluding ortho intramolecular Hbond substituents is 1. The van der Waals surface area contributed by atoms with Gasteiger partial charge in [0.2, 0.25) is 0 Å². The van der Waals surface area contributed by atoms with E-state index in [9.17, 15) is 5.11 Å². The molecule has 1 aromatic heterocycles. The highest BCUT2D eigenvalue weighted by Crippen LogP contribution is 2.30. The first-order valence-electron chi connectivity index (χ1n) is 6.28. The fourth-order valence-corrected chi connectivity index (χ4v) is 2.27. The van der Waals surface area contributed by atoms with E-state index >= 15 is 0 Å². The van der Waals surface area contributed by atoms with E-state index in [-0.39, 0.29) is 0 Å². The van der Waals surface area contributed by atoms with Crippen molar-refractivity contribution in [3.05, 3.63) is 66.4 Å². The highest BCUT2D eigenvalue weighted by Gasteiger charge is 2.08. The Balaban J connectivity index is 2.05. The first-order chi connectivity index (χ1) is 9.24. The maximum atomic E-state index is 9.35. The van der Waals surface area contributed by atoms with Crippen molar-refractivity contribution in [2.24, 2.45) is 0 Å². The van der Waals surface area contributed by atoms with Gasteiger partial charge in [-0.15, -0.1) is 0 Å². The van der Waals surface area contributed by atoms with E-state index < -0.39 is 0 Å². The highest BCUT2D eigenvalue weighted by molar-refractivity contribution is 5.74. The summed E-state index contributed by atoms with van der Waals surface area (Å²) in [6, 6.07) is 19.7. The molecule has 0 amide bonds. The van der Waals surface area contributed by atoms with Crippen LogP contribution in [0.5, 0.6) is 5.75 Å². The summed E-state index contributed by atoms with van der Waals surface area (Å²) in [7, 11) is 0. The number of benzene rings is 2. The van der Waals surface area contributed by atoms with Crippen molar-refractivity contribution in [3.63, 3.8) is 0 Å². The molecule has 0 aliphatic rings. The van der Waals surface area contributed by atoms with E-state index in [4.69, 9.17) is 0 Å². The van der Waals surface area contributed by atoms with Crippen LogP contribution in [0.2, 0.25) is 0 Å². The molecule has 2 N–H and O–H groups in total. The van der Waals surface area contributed by atoms with Crippen LogP contribution in [0.15, 0.2) is 60.7 Å². The van der Waals surface area contributed by atoms with E-state index in [2.05, 4.69) is 30.1 Å². The van der Waals surface area contributed by atoms with Gasteiger partial charge in [-0.05, 0) is 36.2 Å². The van der Waals surface area contributed by atoms with Crippen LogP contribution in [0.25, 0.3) is 22.4 Å². The molecule has 0 aliphatic carbocycles. The van der Waals surface area contributed by atoms with Crippen molar-refractivity contribution in [1.82, 2.24) is 4.98 Å². The Hall–Kier alpha value is -2.48. The van der Waals surface area contributed by atoms with Crippen molar-refractivity contribution < 1.29 is 5.11 Å². The predicted molar refractivity (Wildman–Crippen MR) is 78.1 cm³/mol. The number of H-pyrrole nitrogens is 1. The lowest BCUT2D eigenvalue weighted by Gasteiger charge is -1.99. The lowest BCUT2D eigenvalue weighted by Crippen LogP contribution is -1.78. The third-order valence-corrected chi connectivity index (χ3v) is 3.28. The molecule has 3 rings (SSSR count). The second kappa shape index (κ2) is 4.65. The number of hydrogen-bond donors (Lipinski definition) is 2. The summed E-state index contributed by atoms with van der Waals surface area (Å²) in [5.74, 6) is 0.292. The monoisotopic (exact) mass is 249 g/mol. The molecule has 2 heteroatoms. The Morgan fingerprint density at radius 3 is 2.21 bits per heavy atom. The van der Waals surface area contributed by atoms with Gasteiger partial charge in [0.25, 0.3) is 0 Å². The lowest BCUT2D eigenvalue weighted by molar-refractivity contribution is 0.475. The van der Waals surface area contributed by atoms with Crippen LogP contribution in [0.1, 0.15) is 5.69 Å². The fourth-order valence-electron chi connectivity index (χ4n) is 2.27. The Labute approximate surface area is 112 Å². The van der Waals surface area contributed by atoms with Gasteiger partial charge in [0.1, 0.15) is 5.75 Å². The van der Waals surface area contributed by atoms with Crippen LogP contribution in [-0.4, -0.2) is 10.1 Å². The normalized spacial score (nSPS) is 10.6. The Morgan fingerprint density at radius 1 is 0.842 bits per heavy atom. The molecular formula is C17H15NO. The van der Waals surface area contributed by atoms with E-state index in [0.29, 0.717) is 5.75 Å². The second-order valence-electron chi connectivity index (χ2n) is 4.63. The van der Waals surface area contributed by atoms with Crippen molar-refractivity contribution in [2.45, 2.75) is 6.92 Å². The number of rotatable bonds is 2. The van der Waals surface area contributed by atoms with Gasteiger partial charge < -0.3 is 10.1 Å². The van der Waals surface area contributed by atoms with E-state index in [0.717, 1.165) is 17.0 Å². The first-order valence-corrected chi connectivity index (χ1v) is 6.28. The van der Waals surface area contributed by atoms with Crippen molar-refractivity contribution in [2.75, 3.05) is 0 Å². The lowest BCUT2D eigenvalue weighted by atomic mass is 10.1.